The third-order valence-corrected chi connectivity index (χ3v) is 2.44. The predicted molar refractivity (Wildman–Crippen MR) is 61.8 cm³/mol. The molecule has 1 aromatic carbocycles. The highest BCUT2D eigenvalue weighted by molar-refractivity contribution is 5.98. The van der Waals surface area contributed by atoms with Gasteiger partial charge in [-0.05, 0) is 6.07 Å². The minimum atomic E-state index is -1.37. The smallest absolute Gasteiger partial charge is 0.285 e. The Morgan fingerprint density at radius 1 is 1.42 bits per heavy atom. The van der Waals surface area contributed by atoms with Crippen LogP contribution >= 0.6 is 0 Å². The van der Waals surface area contributed by atoms with E-state index < -0.39 is 33.7 Å². The van der Waals surface area contributed by atoms with Crippen molar-refractivity contribution in [2.75, 3.05) is 27.3 Å². The van der Waals surface area contributed by atoms with Gasteiger partial charge in [-0.25, -0.2) is 8.78 Å². The maximum atomic E-state index is 13.1. The molecule has 8 heteroatoms. The number of nitrogens with zero attached hydrogens (tertiary/aromatic N) is 2. The van der Waals surface area contributed by atoms with Crippen LogP contribution in [-0.4, -0.2) is 43.0 Å². The van der Waals surface area contributed by atoms with Gasteiger partial charge < -0.3 is 9.64 Å². The number of carbonyl (C=O) groups is 1. The Kier molecular flexibility index (Phi) is 4.87. The molecule has 0 aliphatic rings. The van der Waals surface area contributed by atoms with Crippen LogP contribution in [0.1, 0.15) is 10.4 Å². The molecule has 0 N–H and O–H groups in total. The number of methoxy groups -OCH3 is 1. The highest BCUT2D eigenvalue weighted by atomic mass is 19.2. The van der Waals surface area contributed by atoms with Gasteiger partial charge in [0, 0.05) is 20.7 Å². The summed E-state index contributed by atoms with van der Waals surface area (Å²) >= 11 is 0. The Morgan fingerprint density at radius 3 is 2.53 bits per heavy atom. The van der Waals surface area contributed by atoms with Crippen LogP contribution in [-0.2, 0) is 4.74 Å². The fourth-order valence-electron chi connectivity index (χ4n) is 1.39. The number of nitro benzene ring substituents is 1. The Bertz CT molecular complexity index is 508. The molecule has 0 bridgehead atoms. The molecule has 0 aromatic heterocycles. The monoisotopic (exact) mass is 274 g/mol. The lowest BCUT2D eigenvalue weighted by molar-refractivity contribution is -0.385. The van der Waals surface area contributed by atoms with E-state index in [-0.39, 0.29) is 13.2 Å². The molecule has 0 saturated heterocycles. The number of likely N-dealkylation sites (N-methyl/N-ethyl adjacent to an activating group) is 1. The van der Waals surface area contributed by atoms with E-state index >= 15 is 0 Å². The number of hydrogen-bond acceptors (Lipinski definition) is 4. The van der Waals surface area contributed by atoms with Crippen LogP contribution in [0.25, 0.3) is 0 Å². The van der Waals surface area contributed by atoms with Crippen LogP contribution in [0.3, 0.4) is 0 Å². The van der Waals surface area contributed by atoms with E-state index in [4.69, 9.17) is 4.74 Å². The van der Waals surface area contributed by atoms with Crippen molar-refractivity contribution in [3.63, 3.8) is 0 Å². The first-order valence-electron chi connectivity index (χ1n) is 5.26. The predicted octanol–water partition coefficient (Wildman–Crippen LogP) is 1.59. The Labute approximate surface area is 107 Å². The number of halogens is 2. The highest BCUT2D eigenvalue weighted by Gasteiger charge is 2.25. The van der Waals surface area contributed by atoms with Crippen LogP contribution in [0.15, 0.2) is 12.1 Å². The molecule has 0 spiro atoms. The molecule has 1 rings (SSSR count). The third-order valence-electron chi connectivity index (χ3n) is 2.44. The molecule has 104 valence electrons. The van der Waals surface area contributed by atoms with E-state index in [1.807, 2.05) is 0 Å². The molecule has 0 radical (unpaired) electrons. The third kappa shape index (κ3) is 3.44. The molecule has 19 heavy (non-hydrogen) atoms. The van der Waals surface area contributed by atoms with Crippen LogP contribution < -0.4 is 0 Å². The Balaban J connectivity index is 3.14. The number of carbonyl (C=O) groups excluding carboxylic acids is 1. The molecule has 0 saturated carbocycles. The number of benzene rings is 1. The van der Waals surface area contributed by atoms with Gasteiger partial charge in [0.25, 0.3) is 11.6 Å². The number of rotatable bonds is 5. The van der Waals surface area contributed by atoms with E-state index in [1.165, 1.54) is 14.2 Å². The number of ether oxygens (including phenoxy) is 1. The first-order valence-corrected chi connectivity index (χ1v) is 5.26. The first-order chi connectivity index (χ1) is 8.88. The minimum Gasteiger partial charge on any atom is -0.383 e. The van der Waals surface area contributed by atoms with Gasteiger partial charge in [0.1, 0.15) is 5.56 Å². The van der Waals surface area contributed by atoms with Crippen LogP contribution in [0.5, 0.6) is 0 Å². The second-order valence-corrected chi connectivity index (χ2v) is 3.76. The quantitative estimate of drug-likeness (QED) is 0.603. The van der Waals surface area contributed by atoms with Gasteiger partial charge in [0.05, 0.1) is 17.6 Å². The molecule has 0 heterocycles. The second kappa shape index (κ2) is 6.19. The van der Waals surface area contributed by atoms with Gasteiger partial charge in [0.15, 0.2) is 11.6 Å². The van der Waals surface area contributed by atoms with Gasteiger partial charge in [-0.15, -0.1) is 0 Å². The van der Waals surface area contributed by atoms with Crippen LogP contribution in [0.2, 0.25) is 0 Å². The largest absolute Gasteiger partial charge is 0.383 e. The van der Waals surface area contributed by atoms with E-state index in [1.54, 1.807) is 0 Å². The summed E-state index contributed by atoms with van der Waals surface area (Å²) in [5.74, 6) is -3.46. The lowest BCUT2D eigenvalue weighted by Crippen LogP contribution is -2.30. The zero-order chi connectivity index (χ0) is 14.6. The minimum absolute atomic E-state index is 0.172. The second-order valence-electron chi connectivity index (χ2n) is 3.76. The summed E-state index contributed by atoms with van der Waals surface area (Å²) in [6.45, 7) is 0.394. The molecule has 0 aliphatic carbocycles. The van der Waals surface area contributed by atoms with Crippen molar-refractivity contribution in [1.29, 1.82) is 0 Å². The summed E-state index contributed by atoms with van der Waals surface area (Å²) < 4.78 is 30.8. The molecule has 0 aliphatic heterocycles. The molecular weight excluding hydrogens is 262 g/mol. The highest BCUT2D eigenvalue weighted by Crippen LogP contribution is 2.23. The van der Waals surface area contributed by atoms with Crippen molar-refractivity contribution < 1.29 is 23.2 Å². The van der Waals surface area contributed by atoms with E-state index in [9.17, 15) is 23.7 Å². The Morgan fingerprint density at radius 2 is 2.00 bits per heavy atom. The maximum absolute atomic E-state index is 13.1. The SMILES string of the molecule is COCCN(C)C(=O)c1cc(F)c(F)cc1[N+](=O)[O-]. The average Bonchev–Trinajstić information content (AvgIpc) is 2.37. The van der Waals surface area contributed by atoms with Crippen molar-refractivity contribution in [2.45, 2.75) is 0 Å². The van der Waals surface area contributed by atoms with E-state index in [2.05, 4.69) is 0 Å². The lowest BCUT2D eigenvalue weighted by Gasteiger charge is -2.16. The van der Waals surface area contributed by atoms with Gasteiger partial charge >= 0.3 is 0 Å². The summed E-state index contributed by atoms with van der Waals surface area (Å²) in [5.41, 5.74) is -1.27. The van der Waals surface area contributed by atoms with Crippen molar-refractivity contribution in [2.24, 2.45) is 0 Å². The van der Waals surface area contributed by atoms with E-state index in [0.717, 1.165) is 4.90 Å². The summed E-state index contributed by atoms with van der Waals surface area (Å²) in [6, 6.07) is 0.922. The van der Waals surface area contributed by atoms with Crippen molar-refractivity contribution in [3.05, 3.63) is 39.4 Å². The zero-order valence-corrected chi connectivity index (χ0v) is 10.4. The van der Waals surface area contributed by atoms with Crippen molar-refractivity contribution >= 4 is 11.6 Å². The lowest BCUT2D eigenvalue weighted by atomic mass is 10.1. The molecule has 6 nitrogen and oxygen atoms in total. The molecule has 0 atom stereocenters. The number of amides is 1. The fourth-order valence-corrected chi connectivity index (χ4v) is 1.39. The van der Waals surface area contributed by atoms with Gasteiger partial charge in [-0.3, -0.25) is 14.9 Å². The molecule has 1 aromatic rings. The standard InChI is InChI=1S/C11H12F2N2O4/c1-14(3-4-19-2)11(16)7-5-8(12)9(13)6-10(7)15(17)18/h5-6H,3-4H2,1-2H3. The summed E-state index contributed by atoms with van der Waals surface area (Å²) in [4.78, 5) is 22.9. The number of hydrogen-bond donors (Lipinski definition) is 0. The summed E-state index contributed by atoms with van der Waals surface area (Å²) in [7, 11) is 2.81. The van der Waals surface area contributed by atoms with Crippen LogP contribution in [0.4, 0.5) is 14.5 Å². The van der Waals surface area contributed by atoms with Gasteiger partial charge in [-0.1, -0.05) is 0 Å². The topological polar surface area (TPSA) is 72.7 Å². The Hall–Kier alpha value is -2.09. The first kappa shape index (κ1) is 15.0. The summed E-state index contributed by atoms with van der Waals surface area (Å²) in [5, 5.41) is 10.7. The number of nitro groups is 1. The average molecular weight is 274 g/mol. The molecule has 1 amide bonds. The molecule has 0 fully saturated rings. The van der Waals surface area contributed by atoms with Crippen molar-refractivity contribution in [3.8, 4) is 0 Å². The summed E-state index contributed by atoms with van der Waals surface area (Å²) in [6.07, 6.45) is 0. The normalized spacial score (nSPS) is 10.3. The van der Waals surface area contributed by atoms with Crippen molar-refractivity contribution in [1.82, 2.24) is 4.90 Å². The van der Waals surface area contributed by atoms with Gasteiger partial charge in [0.2, 0.25) is 0 Å². The zero-order valence-electron chi connectivity index (χ0n) is 10.4. The molecular formula is C11H12F2N2O4. The maximum Gasteiger partial charge on any atom is 0.285 e. The molecule has 0 unspecified atom stereocenters. The van der Waals surface area contributed by atoms with E-state index in [0.29, 0.717) is 12.1 Å². The van der Waals surface area contributed by atoms with Crippen LogP contribution in [0, 0.1) is 21.7 Å². The van der Waals surface area contributed by atoms with Gasteiger partial charge in [-0.2, -0.15) is 0 Å². The fraction of sp³-hybridized carbons (Fsp3) is 0.364.